The minimum absolute atomic E-state index is 0.0427. The van der Waals surface area contributed by atoms with E-state index in [1.807, 2.05) is 32.6 Å². The minimum atomic E-state index is -0.539. The summed E-state index contributed by atoms with van der Waals surface area (Å²) in [4.78, 5) is 31.7. The second kappa shape index (κ2) is 12.6. The van der Waals surface area contributed by atoms with E-state index in [-0.39, 0.29) is 11.9 Å². The van der Waals surface area contributed by atoms with Crippen molar-refractivity contribution in [1.29, 1.82) is 0 Å². The Labute approximate surface area is 231 Å². The molecule has 1 N–H and O–H groups in total. The largest absolute Gasteiger partial charge is 0.444 e. The summed E-state index contributed by atoms with van der Waals surface area (Å²) in [6.07, 6.45) is 3.80. The smallest absolute Gasteiger partial charge is 0.407 e. The quantitative estimate of drug-likeness (QED) is 0.436. The summed E-state index contributed by atoms with van der Waals surface area (Å²) in [7, 11) is 1.77. The molecule has 38 heavy (non-hydrogen) atoms. The molecule has 0 saturated carbocycles. The lowest BCUT2D eigenvalue weighted by molar-refractivity contribution is 0.0502. The summed E-state index contributed by atoms with van der Waals surface area (Å²) in [5.41, 5.74) is 3.03. The second-order valence-corrected chi connectivity index (χ2v) is 12.6. The van der Waals surface area contributed by atoms with Crippen LogP contribution in [0.5, 0.6) is 0 Å². The number of hydrogen-bond donors (Lipinski definition) is 1. The highest BCUT2D eigenvalue weighted by Crippen LogP contribution is 2.35. The standard InChI is InChI=1S/C30H43N3O4S/c1-21-19-26(24-9-7-22(8-10-24)23-11-15-32(16-12-23)14-6-18-36-5)38-27(21)28(34)33-17-13-25(20-33)31-29(35)37-30(2,3)4/h7-10,19,23,25H,6,11-18,20H2,1-5H3,(H,31,35)/t25-/m0/s1. The molecule has 3 heterocycles. The Kier molecular flexibility index (Phi) is 9.50. The highest BCUT2D eigenvalue weighted by atomic mass is 32.1. The molecule has 0 unspecified atom stereocenters. The van der Waals surface area contributed by atoms with Crippen LogP contribution in [0.4, 0.5) is 4.79 Å². The summed E-state index contributed by atoms with van der Waals surface area (Å²) < 4.78 is 10.5. The van der Waals surface area contributed by atoms with Gasteiger partial charge in [0.2, 0.25) is 0 Å². The van der Waals surface area contributed by atoms with E-state index >= 15 is 0 Å². The third-order valence-corrected chi connectivity index (χ3v) is 8.66. The fourth-order valence-corrected chi connectivity index (χ4v) is 6.50. The van der Waals surface area contributed by atoms with Gasteiger partial charge in [-0.3, -0.25) is 4.79 Å². The van der Waals surface area contributed by atoms with Crippen LogP contribution in [0.25, 0.3) is 10.4 Å². The van der Waals surface area contributed by atoms with Crippen LogP contribution in [-0.4, -0.2) is 79.9 Å². The molecule has 1 atom stereocenters. The maximum Gasteiger partial charge on any atom is 0.407 e. The molecule has 208 valence electrons. The van der Waals surface area contributed by atoms with Crippen molar-refractivity contribution < 1.29 is 19.1 Å². The van der Waals surface area contributed by atoms with Gasteiger partial charge in [0.1, 0.15) is 5.60 Å². The molecular weight excluding hydrogens is 498 g/mol. The van der Waals surface area contributed by atoms with Crippen LogP contribution >= 0.6 is 11.3 Å². The number of likely N-dealkylation sites (tertiary alicyclic amines) is 2. The summed E-state index contributed by atoms with van der Waals surface area (Å²) in [5, 5.41) is 2.90. The van der Waals surface area contributed by atoms with Gasteiger partial charge in [0.15, 0.2) is 0 Å². The molecule has 2 aliphatic rings. The Hall–Kier alpha value is -2.42. The van der Waals surface area contributed by atoms with E-state index in [0.29, 0.717) is 19.0 Å². The first-order valence-electron chi connectivity index (χ1n) is 13.8. The van der Waals surface area contributed by atoms with E-state index in [0.717, 1.165) is 60.0 Å². The number of benzene rings is 1. The van der Waals surface area contributed by atoms with Crippen molar-refractivity contribution in [3.63, 3.8) is 0 Å². The molecule has 4 rings (SSSR count). The van der Waals surface area contributed by atoms with E-state index in [1.54, 1.807) is 18.4 Å². The summed E-state index contributed by atoms with van der Waals surface area (Å²) in [5.74, 6) is 0.656. The number of carbonyl (C=O) groups excluding carboxylic acids is 2. The predicted octanol–water partition coefficient (Wildman–Crippen LogP) is 5.68. The zero-order valence-corrected chi connectivity index (χ0v) is 24.4. The Morgan fingerprint density at radius 3 is 2.45 bits per heavy atom. The molecule has 0 aliphatic carbocycles. The third-order valence-electron chi connectivity index (χ3n) is 7.39. The molecule has 2 aliphatic heterocycles. The van der Waals surface area contributed by atoms with Crippen LogP contribution in [0.2, 0.25) is 0 Å². The average molecular weight is 542 g/mol. The number of piperidine rings is 1. The second-order valence-electron chi connectivity index (χ2n) is 11.6. The Morgan fingerprint density at radius 2 is 1.79 bits per heavy atom. The number of aryl methyl sites for hydroxylation is 1. The molecular formula is C30H43N3O4S. The number of methoxy groups -OCH3 is 1. The number of rotatable bonds is 8. The van der Waals surface area contributed by atoms with Crippen molar-refractivity contribution in [2.75, 3.05) is 46.4 Å². The van der Waals surface area contributed by atoms with Crippen molar-refractivity contribution in [3.8, 4) is 10.4 Å². The predicted molar refractivity (Wildman–Crippen MR) is 153 cm³/mol. The lowest BCUT2D eigenvalue weighted by atomic mass is 9.89. The highest BCUT2D eigenvalue weighted by Gasteiger charge is 2.31. The molecule has 7 nitrogen and oxygen atoms in total. The number of ether oxygens (including phenoxy) is 2. The molecule has 1 aromatic heterocycles. The molecule has 2 fully saturated rings. The van der Waals surface area contributed by atoms with E-state index in [1.165, 1.54) is 18.4 Å². The molecule has 8 heteroatoms. The van der Waals surface area contributed by atoms with Crippen LogP contribution < -0.4 is 5.32 Å². The molecule has 0 spiro atoms. The van der Waals surface area contributed by atoms with Gasteiger partial charge >= 0.3 is 6.09 Å². The van der Waals surface area contributed by atoms with Crippen LogP contribution in [0, 0.1) is 6.92 Å². The topological polar surface area (TPSA) is 71.1 Å². The first-order chi connectivity index (χ1) is 18.1. The first kappa shape index (κ1) is 28.6. The van der Waals surface area contributed by atoms with Crippen LogP contribution in [0.1, 0.15) is 73.2 Å². The highest BCUT2D eigenvalue weighted by molar-refractivity contribution is 7.17. The summed E-state index contributed by atoms with van der Waals surface area (Å²) >= 11 is 1.56. The minimum Gasteiger partial charge on any atom is -0.444 e. The van der Waals surface area contributed by atoms with Gasteiger partial charge in [0.25, 0.3) is 5.91 Å². The van der Waals surface area contributed by atoms with E-state index in [4.69, 9.17) is 9.47 Å². The molecule has 1 aromatic carbocycles. The van der Waals surface area contributed by atoms with Crippen LogP contribution in [-0.2, 0) is 9.47 Å². The summed E-state index contributed by atoms with van der Waals surface area (Å²) in [6, 6.07) is 11.0. The van der Waals surface area contributed by atoms with Crippen molar-refractivity contribution >= 4 is 23.3 Å². The molecule has 2 amide bonds. The molecule has 2 saturated heterocycles. The number of amides is 2. The van der Waals surface area contributed by atoms with Crippen LogP contribution in [0.15, 0.2) is 30.3 Å². The lowest BCUT2D eigenvalue weighted by Crippen LogP contribution is -2.41. The van der Waals surface area contributed by atoms with Gasteiger partial charge in [0, 0.05) is 38.2 Å². The van der Waals surface area contributed by atoms with Gasteiger partial charge in [-0.15, -0.1) is 11.3 Å². The van der Waals surface area contributed by atoms with Gasteiger partial charge in [0.05, 0.1) is 10.9 Å². The van der Waals surface area contributed by atoms with Gasteiger partial charge in [-0.2, -0.15) is 0 Å². The third kappa shape index (κ3) is 7.58. The van der Waals surface area contributed by atoms with Crippen molar-refractivity contribution in [3.05, 3.63) is 46.3 Å². The monoisotopic (exact) mass is 541 g/mol. The zero-order valence-electron chi connectivity index (χ0n) is 23.5. The van der Waals surface area contributed by atoms with E-state index in [2.05, 4.69) is 40.5 Å². The van der Waals surface area contributed by atoms with E-state index in [9.17, 15) is 9.59 Å². The number of nitrogens with one attached hydrogen (secondary N) is 1. The maximum absolute atomic E-state index is 13.3. The van der Waals surface area contributed by atoms with Crippen molar-refractivity contribution in [1.82, 2.24) is 15.1 Å². The van der Waals surface area contributed by atoms with Crippen LogP contribution in [0.3, 0.4) is 0 Å². The summed E-state index contributed by atoms with van der Waals surface area (Å²) in [6.45, 7) is 12.9. The maximum atomic E-state index is 13.3. The average Bonchev–Trinajstić information content (AvgIpc) is 3.50. The van der Waals surface area contributed by atoms with E-state index < -0.39 is 11.7 Å². The lowest BCUT2D eigenvalue weighted by Gasteiger charge is -2.32. The Morgan fingerprint density at radius 1 is 1.08 bits per heavy atom. The van der Waals surface area contributed by atoms with Gasteiger partial charge in [-0.25, -0.2) is 4.79 Å². The van der Waals surface area contributed by atoms with Crippen molar-refractivity contribution in [2.45, 2.75) is 70.9 Å². The Bertz CT molecular complexity index is 1080. The molecule has 0 radical (unpaired) electrons. The molecule has 0 bridgehead atoms. The number of alkyl carbamates (subject to hydrolysis) is 1. The van der Waals surface area contributed by atoms with Gasteiger partial charge in [-0.1, -0.05) is 24.3 Å². The van der Waals surface area contributed by atoms with Crippen molar-refractivity contribution in [2.24, 2.45) is 0 Å². The number of nitrogens with zero attached hydrogens (tertiary/aromatic N) is 2. The fraction of sp³-hybridized carbons (Fsp3) is 0.600. The normalized spacial score (nSPS) is 19.1. The fourth-order valence-electron chi connectivity index (χ4n) is 5.36. The zero-order chi connectivity index (χ0) is 27.3. The number of thiophene rings is 1. The number of hydrogen-bond acceptors (Lipinski definition) is 6. The molecule has 2 aromatic rings. The van der Waals surface area contributed by atoms with Gasteiger partial charge in [-0.05, 0) is 95.1 Å². The first-order valence-corrected chi connectivity index (χ1v) is 14.7. The van der Waals surface area contributed by atoms with Gasteiger partial charge < -0.3 is 24.6 Å². The Balaban J connectivity index is 1.32. The number of carbonyl (C=O) groups is 2. The SMILES string of the molecule is COCCCN1CCC(c2ccc(-c3cc(C)c(C(=O)N4CC[C@H](NC(=O)OC(C)(C)C)C4)s3)cc2)CC1.